The number of fused-ring (bicyclic) bond motifs is 1. The van der Waals surface area contributed by atoms with Crippen molar-refractivity contribution in [1.82, 2.24) is 29.5 Å². The largest absolute Gasteiger partial charge is 0.383 e. The number of nitrogen functional groups attached to an aromatic ring is 1. The van der Waals surface area contributed by atoms with Gasteiger partial charge in [-0.25, -0.2) is 14.6 Å². The highest BCUT2D eigenvalue weighted by atomic mass is 35.5. The van der Waals surface area contributed by atoms with Gasteiger partial charge >= 0.3 is 0 Å². The molecule has 3 aromatic rings. The first-order chi connectivity index (χ1) is 16.0. The molecule has 0 spiro atoms. The average Bonchev–Trinajstić information content (AvgIpc) is 3.39. The summed E-state index contributed by atoms with van der Waals surface area (Å²) in [6.07, 6.45) is 9.78. The van der Waals surface area contributed by atoms with Gasteiger partial charge in [-0.1, -0.05) is 36.2 Å². The third-order valence-electron chi connectivity index (χ3n) is 6.81. The molecule has 1 saturated carbocycles. The second-order valence-corrected chi connectivity index (χ2v) is 9.35. The van der Waals surface area contributed by atoms with Crippen molar-refractivity contribution in [2.75, 3.05) is 32.4 Å². The Morgan fingerprint density at radius 2 is 2.03 bits per heavy atom. The minimum atomic E-state index is 0.0258. The van der Waals surface area contributed by atoms with E-state index in [4.69, 9.17) is 22.4 Å². The van der Waals surface area contributed by atoms with Crippen molar-refractivity contribution < 1.29 is 4.79 Å². The maximum atomic E-state index is 12.8. The lowest BCUT2D eigenvalue weighted by atomic mass is 9.92. The van der Waals surface area contributed by atoms with E-state index in [0.29, 0.717) is 35.6 Å². The summed E-state index contributed by atoms with van der Waals surface area (Å²) in [5.41, 5.74) is 8.53. The highest BCUT2D eigenvalue weighted by Gasteiger charge is 2.30. The van der Waals surface area contributed by atoms with Gasteiger partial charge in [0.25, 0.3) is 0 Å². The van der Waals surface area contributed by atoms with Gasteiger partial charge < -0.3 is 10.6 Å². The van der Waals surface area contributed by atoms with Crippen LogP contribution in [0.25, 0.3) is 22.3 Å². The van der Waals surface area contributed by atoms with E-state index in [1.807, 2.05) is 39.9 Å². The predicted molar refractivity (Wildman–Crippen MR) is 130 cm³/mol. The minimum absolute atomic E-state index is 0.0258. The van der Waals surface area contributed by atoms with Crippen molar-refractivity contribution in [3.8, 4) is 11.3 Å². The molecule has 1 saturated heterocycles. The lowest BCUT2D eigenvalue weighted by Crippen LogP contribution is -2.37. The Labute approximate surface area is 198 Å². The third kappa shape index (κ3) is 4.32. The van der Waals surface area contributed by atoms with Gasteiger partial charge in [0.2, 0.25) is 5.91 Å². The molecule has 172 valence electrons. The van der Waals surface area contributed by atoms with Crippen LogP contribution in [-0.4, -0.2) is 68.2 Å². The lowest BCUT2D eigenvalue weighted by Gasteiger charge is -2.33. The second-order valence-electron chi connectivity index (χ2n) is 8.91. The standard InChI is InChI=1S/C24H28ClN7O/c1-30(18-4-2-5-18)12-3-6-20(33)31-13-11-19(14-31)32-24-21(23(26)27-15-28-24)22(29-32)16-7-9-17(25)10-8-16/h3,6-10,15,18-19H,2,4-5,11-14H2,1H3,(H2,26,27,28)/b6-3+. The zero-order valence-electron chi connectivity index (χ0n) is 18.7. The zero-order chi connectivity index (χ0) is 22.9. The van der Waals surface area contributed by atoms with Gasteiger partial charge in [0.1, 0.15) is 17.8 Å². The maximum Gasteiger partial charge on any atom is 0.246 e. The molecule has 2 aliphatic rings. The molecule has 5 rings (SSSR count). The quantitative estimate of drug-likeness (QED) is 0.559. The molecular formula is C24H28ClN7O. The van der Waals surface area contributed by atoms with Crippen LogP contribution in [-0.2, 0) is 4.79 Å². The van der Waals surface area contributed by atoms with Crippen LogP contribution in [0, 0.1) is 0 Å². The fourth-order valence-corrected chi connectivity index (χ4v) is 4.73. The van der Waals surface area contributed by atoms with Gasteiger partial charge in [0.15, 0.2) is 5.65 Å². The summed E-state index contributed by atoms with van der Waals surface area (Å²) >= 11 is 6.06. The van der Waals surface area contributed by atoms with Crippen LogP contribution in [0.15, 0.2) is 42.7 Å². The highest BCUT2D eigenvalue weighted by molar-refractivity contribution is 6.30. The fourth-order valence-electron chi connectivity index (χ4n) is 4.60. The molecule has 3 heterocycles. The monoisotopic (exact) mass is 465 g/mol. The number of likely N-dealkylation sites (tertiary alicyclic amines) is 1. The zero-order valence-corrected chi connectivity index (χ0v) is 19.4. The van der Waals surface area contributed by atoms with Crippen molar-refractivity contribution in [1.29, 1.82) is 0 Å². The van der Waals surface area contributed by atoms with Crippen LogP contribution in [0.2, 0.25) is 5.02 Å². The summed E-state index contributed by atoms with van der Waals surface area (Å²) in [7, 11) is 2.12. The molecule has 2 fully saturated rings. The van der Waals surface area contributed by atoms with E-state index < -0.39 is 0 Å². The summed E-state index contributed by atoms with van der Waals surface area (Å²) in [5.74, 6) is 0.434. The molecule has 0 bridgehead atoms. The number of likely N-dealkylation sites (N-methyl/N-ethyl adjacent to an activating group) is 1. The van der Waals surface area contributed by atoms with Crippen LogP contribution in [0.5, 0.6) is 0 Å². The fraction of sp³-hybridized carbons (Fsp3) is 0.417. The number of hydrogen-bond acceptors (Lipinski definition) is 6. The van der Waals surface area contributed by atoms with Crippen LogP contribution >= 0.6 is 11.6 Å². The summed E-state index contributed by atoms with van der Waals surface area (Å²) in [4.78, 5) is 25.6. The Balaban J connectivity index is 1.34. The van der Waals surface area contributed by atoms with Crippen molar-refractivity contribution in [3.05, 3.63) is 47.8 Å². The first-order valence-corrected chi connectivity index (χ1v) is 11.8. The number of halogens is 1. The number of carbonyl (C=O) groups is 1. The van der Waals surface area contributed by atoms with Crippen molar-refractivity contribution in [2.45, 2.75) is 37.8 Å². The van der Waals surface area contributed by atoms with Crippen LogP contribution in [0.4, 0.5) is 5.82 Å². The topological polar surface area (TPSA) is 93.2 Å². The highest BCUT2D eigenvalue weighted by Crippen LogP contribution is 2.34. The number of carbonyl (C=O) groups excluding carboxylic acids is 1. The van der Waals surface area contributed by atoms with E-state index in [0.717, 1.165) is 29.6 Å². The predicted octanol–water partition coefficient (Wildman–Crippen LogP) is 3.54. The molecule has 33 heavy (non-hydrogen) atoms. The minimum Gasteiger partial charge on any atom is -0.383 e. The van der Waals surface area contributed by atoms with Crippen LogP contribution in [0.3, 0.4) is 0 Å². The number of anilines is 1. The van der Waals surface area contributed by atoms with Gasteiger partial charge in [-0.05, 0) is 38.4 Å². The number of rotatable bonds is 6. The van der Waals surface area contributed by atoms with Crippen molar-refractivity contribution in [2.24, 2.45) is 0 Å². The number of benzene rings is 1. The maximum absolute atomic E-state index is 12.8. The molecule has 1 unspecified atom stereocenters. The van der Waals surface area contributed by atoms with Gasteiger partial charge in [0.05, 0.1) is 11.4 Å². The lowest BCUT2D eigenvalue weighted by molar-refractivity contribution is -0.125. The normalized spacial score (nSPS) is 19.1. The van der Waals surface area contributed by atoms with Gasteiger partial charge in [-0.2, -0.15) is 5.10 Å². The molecule has 2 N–H and O–H groups in total. The molecule has 2 aromatic heterocycles. The van der Waals surface area contributed by atoms with E-state index in [2.05, 4.69) is 21.9 Å². The van der Waals surface area contributed by atoms with Crippen LogP contribution < -0.4 is 5.73 Å². The Morgan fingerprint density at radius 1 is 1.24 bits per heavy atom. The van der Waals surface area contributed by atoms with Crippen molar-refractivity contribution in [3.63, 3.8) is 0 Å². The number of aromatic nitrogens is 4. The Hall–Kier alpha value is -2.97. The molecule has 1 atom stereocenters. The number of nitrogens with zero attached hydrogens (tertiary/aromatic N) is 6. The summed E-state index contributed by atoms with van der Waals surface area (Å²) in [6.45, 7) is 2.07. The van der Waals surface area contributed by atoms with E-state index in [9.17, 15) is 4.79 Å². The summed E-state index contributed by atoms with van der Waals surface area (Å²) < 4.78 is 1.90. The molecule has 1 aliphatic carbocycles. The van der Waals surface area contributed by atoms with Crippen molar-refractivity contribution >= 4 is 34.4 Å². The average molecular weight is 466 g/mol. The van der Waals surface area contributed by atoms with E-state index in [1.54, 1.807) is 6.08 Å². The molecule has 9 heteroatoms. The summed E-state index contributed by atoms with van der Waals surface area (Å²) in [5, 5.41) is 6.26. The summed E-state index contributed by atoms with van der Waals surface area (Å²) in [6, 6.07) is 8.17. The molecule has 1 aliphatic heterocycles. The first-order valence-electron chi connectivity index (χ1n) is 11.4. The SMILES string of the molecule is CN(C/C=C/C(=O)N1CCC(n2nc(-c3ccc(Cl)cc3)c3c(N)ncnc32)C1)C1CCC1. The molecule has 1 aromatic carbocycles. The molecule has 1 amide bonds. The Bertz CT molecular complexity index is 1190. The van der Waals surface area contributed by atoms with Gasteiger partial charge in [-0.15, -0.1) is 0 Å². The van der Waals surface area contributed by atoms with E-state index in [-0.39, 0.29) is 11.9 Å². The Morgan fingerprint density at radius 3 is 2.76 bits per heavy atom. The van der Waals surface area contributed by atoms with Gasteiger partial charge in [-0.3, -0.25) is 9.69 Å². The first kappa shape index (κ1) is 21.9. The molecule has 0 radical (unpaired) electrons. The number of nitrogens with two attached hydrogens (primary N) is 1. The van der Waals surface area contributed by atoms with Gasteiger partial charge in [0, 0.05) is 42.3 Å². The molecule has 8 nitrogen and oxygen atoms in total. The van der Waals surface area contributed by atoms with Crippen LogP contribution in [0.1, 0.15) is 31.7 Å². The molecular weight excluding hydrogens is 438 g/mol. The van der Waals surface area contributed by atoms with E-state index in [1.165, 1.54) is 25.6 Å². The Kier molecular flexibility index (Phi) is 6.03. The second kappa shape index (κ2) is 9.11. The third-order valence-corrected chi connectivity index (χ3v) is 7.06. The number of amides is 1. The number of hydrogen-bond donors (Lipinski definition) is 1. The smallest absolute Gasteiger partial charge is 0.246 e. The van der Waals surface area contributed by atoms with E-state index >= 15 is 0 Å².